The summed E-state index contributed by atoms with van der Waals surface area (Å²) in [6.07, 6.45) is 0.705. The van der Waals surface area contributed by atoms with Gasteiger partial charge in [-0.15, -0.1) is 0 Å². The van der Waals surface area contributed by atoms with Crippen LogP contribution < -0.4 is 4.74 Å². The standard InChI is InChI=1S/C23H34N2O5/c1-6-11-25-22(26)20(18-7-9-19(10-8-18)30-16-17(2)3)21(23(25)27)24(12-14-28-4)13-15-29-5/h7-10,17H,6,11-16H2,1-5H3. The van der Waals surface area contributed by atoms with E-state index in [1.165, 1.54) is 4.90 Å². The highest BCUT2D eigenvalue weighted by Crippen LogP contribution is 2.32. The van der Waals surface area contributed by atoms with Gasteiger partial charge in [0.25, 0.3) is 11.8 Å². The van der Waals surface area contributed by atoms with Crippen molar-refractivity contribution in [1.29, 1.82) is 0 Å². The number of hydrogen-bond donors (Lipinski definition) is 0. The molecule has 0 fully saturated rings. The summed E-state index contributed by atoms with van der Waals surface area (Å²) in [5.41, 5.74) is 1.55. The smallest absolute Gasteiger partial charge is 0.277 e. The number of carbonyl (C=O) groups is 2. The first-order chi connectivity index (χ1) is 14.4. The summed E-state index contributed by atoms with van der Waals surface area (Å²) >= 11 is 0. The molecule has 1 aromatic rings. The first kappa shape index (κ1) is 23.9. The molecule has 166 valence electrons. The maximum absolute atomic E-state index is 13.2. The number of methoxy groups -OCH3 is 2. The number of imide groups is 1. The monoisotopic (exact) mass is 418 g/mol. The van der Waals surface area contributed by atoms with Crippen molar-refractivity contribution in [2.75, 3.05) is 53.7 Å². The lowest BCUT2D eigenvalue weighted by molar-refractivity contribution is -0.137. The zero-order chi connectivity index (χ0) is 22.1. The summed E-state index contributed by atoms with van der Waals surface area (Å²) in [6.45, 7) is 9.01. The summed E-state index contributed by atoms with van der Waals surface area (Å²) in [4.78, 5) is 29.6. The lowest BCUT2D eigenvalue weighted by Gasteiger charge is -2.25. The third-order valence-corrected chi connectivity index (χ3v) is 4.76. The molecule has 2 rings (SSSR count). The minimum Gasteiger partial charge on any atom is -0.493 e. The molecule has 1 aliphatic rings. The van der Waals surface area contributed by atoms with E-state index >= 15 is 0 Å². The lowest BCUT2D eigenvalue weighted by Crippen LogP contribution is -2.38. The second-order valence-electron chi connectivity index (χ2n) is 7.69. The average Bonchev–Trinajstić information content (AvgIpc) is 2.98. The van der Waals surface area contributed by atoms with Crippen LogP contribution in [0, 0.1) is 5.92 Å². The second kappa shape index (κ2) is 11.7. The summed E-state index contributed by atoms with van der Waals surface area (Å²) < 4.78 is 16.2. The fourth-order valence-electron chi connectivity index (χ4n) is 3.26. The van der Waals surface area contributed by atoms with Gasteiger partial charge < -0.3 is 19.1 Å². The first-order valence-corrected chi connectivity index (χ1v) is 10.5. The number of benzene rings is 1. The van der Waals surface area contributed by atoms with Crippen LogP contribution >= 0.6 is 0 Å². The Balaban J connectivity index is 2.43. The van der Waals surface area contributed by atoms with Crippen molar-refractivity contribution in [3.63, 3.8) is 0 Å². The van der Waals surface area contributed by atoms with Gasteiger partial charge in [0.15, 0.2) is 0 Å². The molecule has 0 N–H and O–H groups in total. The van der Waals surface area contributed by atoms with E-state index in [1.54, 1.807) is 14.2 Å². The Morgan fingerprint density at radius 3 is 2.07 bits per heavy atom. The van der Waals surface area contributed by atoms with E-state index < -0.39 is 0 Å². The van der Waals surface area contributed by atoms with Crippen LogP contribution in [-0.4, -0.2) is 75.3 Å². The molecule has 1 aliphatic heterocycles. The van der Waals surface area contributed by atoms with Gasteiger partial charge in [-0.1, -0.05) is 32.9 Å². The van der Waals surface area contributed by atoms with Gasteiger partial charge >= 0.3 is 0 Å². The molecule has 0 atom stereocenters. The summed E-state index contributed by atoms with van der Waals surface area (Å²) in [5, 5.41) is 0. The largest absolute Gasteiger partial charge is 0.493 e. The Labute approximate surface area is 179 Å². The highest BCUT2D eigenvalue weighted by molar-refractivity contribution is 6.35. The van der Waals surface area contributed by atoms with Gasteiger partial charge in [0.2, 0.25) is 0 Å². The van der Waals surface area contributed by atoms with Crippen LogP contribution in [0.25, 0.3) is 5.57 Å². The molecule has 0 aliphatic carbocycles. The molecule has 0 radical (unpaired) electrons. The number of ether oxygens (including phenoxy) is 3. The van der Waals surface area contributed by atoms with Gasteiger partial charge in [0.1, 0.15) is 11.4 Å². The summed E-state index contributed by atoms with van der Waals surface area (Å²) in [6, 6.07) is 7.38. The minimum atomic E-state index is -0.260. The first-order valence-electron chi connectivity index (χ1n) is 10.5. The van der Waals surface area contributed by atoms with Crippen LogP contribution in [0.15, 0.2) is 30.0 Å². The molecule has 7 heteroatoms. The molecule has 7 nitrogen and oxygen atoms in total. The van der Waals surface area contributed by atoms with Gasteiger partial charge in [-0.3, -0.25) is 14.5 Å². The molecule has 0 saturated heterocycles. The molecule has 1 aromatic carbocycles. The fourth-order valence-corrected chi connectivity index (χ4v) is 3.26. The van der Waals surface area contributed by atoms with Crippen LogP contribution in [0.2, 0.25) is 0 Å². The minimum absolute atomic E-state index is 0.257. The fraction of sp³-hybridized carbons (Fsp3) is 0.565. The third-order valence-electron chi connectivity index (χ3n) is 4.76. The zero-order valence-corrected chi connectivity index (χ0v) is 18.8. The molecule has 1 heterocycles. The van der Waals surface area contributed by atoms with Gasteiger partial charge in [-0.05, 0) is 30.0 Å². The van der Waals surface area contributed by atoms with Crippen molar-refractivity contribution in [3.05, 3.63) is 35.5 Å². The Morgan fingerprint density at radius 2 is 1.57 bits per heavy atom. The molecule has 0 spiro atoms. The van der Waals surface area contributed by atoms with E-state index in [4.69, 9.17) is 14.2 Å². The topological polar surface area (TPSA) is 68.3 Å². The van der Waals surface area contributed by atoms with Crippen LogP contribution in [0.4, 0.5) is 0 Å². The zero-order valence-electron chi connectivity index (χ0n) is 18.8. The van der Waals surface area contributed by atoms with Crippen LogP contribution in [0.3, 0.4) is 0 Å². The molecular weight excluding hydrogens is 384 g/mol. The van der Waals surface area contributed by atoms with Gasteiger partial charge in [0, 0.05) is 33.9 Å². The normalized spacial score (nSPS) is 14.3. The van der Waals surface area contributed by atoms with Gasteiger partial charge in [-0.2, -0.15) is 0 Å². The Morgan fingerprint density at radius 1 is 0.967 bits per heavy atom. The van der Waals surface area contributed by atoms with E-state index in [9.17, 15) is 9.59 Å². The predicted molar refractivity (Wildman–Crippen MR) is 116 cm³/mol. The van der Waals surface area contributed by atoms with Gasteiger partial charge in [0.05, 0.1) is 25.4 Å². The maximum Gasteiger partial charge on any atom is 0.277 e. The lowest BCUT2D eigenvalue weighted by atomic mass is 10.0. The second-order valence-corrected chi connectivity index (χ2v) is 7.69. The highest BCUT2D eigenvalue weighted by Gasteiger charge is 2.40. The Kier molecular flexibility index (Phi) is 9.33. The predicted octanol–water partition coefficient (Wildman–Crippen LogP) is 2.81. The molecule has 0 aromatic heterocycles. The van der Waals surface area contributed by atoms with Crippen LogP contribution in [0.5, 0.6) is 5.75 Å². The molecule has 30 heavy (non-hydrogen) atoms. The number of rotatable bonds is 13. The molecule has 0 unspecified atom stereocenters. The maximum atomic E-state index is 13.2. The number of carbonyl (C=O) groups excluding carboxylic acids is 2. The van der Waals surface area contributed by atoms with Crippen molar-refractivity contribution in [2.24, 2.45) is 5.92 Å². The van der Waals surface area contributed by atoms with E-state index in [-0.39, 0.29) is 11.8 Å². The Hall–Kier alpha value is -2.38. The SMILES string of the molecule is CCCN1C(=O)C(c2ccc(OCC(C)C)cc2)=C(N(CCOC)CCOC)C1=O. The van der Waals surface area contributed by atoms with Crippen molar-refractivity contribution in [2.45, 2.75) is 27.2 Å². The van der Waals surface area contributed by atoms with Crippen molar-refractivity contribution < 1.29 is 23.8 Å². The number of amides is 2. The van der Waals surface area contributed by atoms with Crippen molar-refractivity contribution in [3.8, 4) is 5.75 Å². The van der Waals surface area contributed by atoms with Crippen LogP contribution in [0.1, 0.15) is 32.8 Å². The van der Waals surface area contributed by atoms with E-state index in [1.807, 2.05) is 36.1 Å². The third kappa shape index (κ3) is 5.83. The molecule has 2 amide bonds. The highest BCUT2D eigenvalue weighted by atomic mass is 16.5. The van der Waals surface area contributed by atoms with E-state index in [2.05, 4.69) is 13.8 Å². The van der Waals surface area contributed by atoms with Crippen molar-refractivity contribution >= 4 is 17.4 Å². The Bertz CT molecular complexity index is 734. The summed E-state index contributed by atoms with van der Waals surface area (Å²) in [7, 11) is 3.23. The number of hydrogen-bond acceptors (Lipinski definition) is 6. The molecule has 0 bridgehead atoms. The molecular formula is C23H34N2O5. The quantitative estimate of drug-likeness (QED) is 0.459. The van der Waals surface area contributed by atoms with Crippen molar-refractivity contribution in [1.82, 2.24) is 9.80 Å². The van der Waals surface area contributed by atoms with Crippen LogP contribution in [-0.2, 0) is 19.1 Å². The van der Waals surface area contributed by atoms with E-state index in [0.29, 0.717) is 68.6 Å². The van der Waals surface area contributed by atoms with E-state index in [0.717, 1.165) is 5.75 Å². The molecule has 0 saturated carbocycles. The average molecular weight is 419 g/mol. The number of nitrogens with zero attached hydrogens (tertiary/aromatic N) is 2. The van der Waals surface area contributed by atoms with Gasteiger partial charge in [-0.25, -0.2) is 0 Å². The summed E-state index contributed by atoms with van der Waals surface area (Å²) in [5.74, 6) is 0.648.